The first-order chi connectivity index (χ1) is 14.5. The van der Waals surface area contributed by atoms with Gasteiger partial charge in [-0.15, -0.1) is 16.4 Å². The van der Waals surface area contributed by atoms with Crippen molar-refractivity contribution in [3.8, 4) is 0 Å². The lowest BCUT2D eigenvalue weighted by Gasteiger charge is -2.15. The number of aromatic nitrogens is 3. The van der Waals surface area contributed by atoms with E-state index in [2.05, 4.69) is 20.5 Å². The highest BCUT2D eigenvalue weighted by Crippen LogP contribution is 2.22. The van der Waals surface area contributed by atoms with Gasteiger partial charge in [-0.25, -0.2) is 13.4 Å². The number of aromatic amines is 1. The Morgan fingerprint density at radius 1 is 1.20 bits per heavy atom. The van der Waals surface area contributed by atoms with E-state index in [4.69, 9.17) is 0 Å². The first-order valence-electron chi connectivity index (χ1n) is 9.47. The van der Waals surface area contributed by atoms with Gasteiger partial charge in [0.2, 0.25) is 21.1 Å². The van der Waals surface area contributed by atoms with Crippen LogP contribution in [0.1, 0.15) is 23.5 Å². The molecule has 4 rings (SSSR count). The van der Waals surface area contributed by atoms with Crippen LogP contribution in [-0.2, 0) is 21.2 Å². The fourth-order valence-electron chi connectivity index (χ4n) is 3.11. The molecule has 0 bridgehead atoms. The number of H-pyrrole nitrogens is 1. The monoisotopic (exact) mass is 463 g/mol. The highest BCUT2D eigenvalue weighted by molar-refractivity contribution is 7.99. The van der Waals surface area contributed by atoms with Gasteiger partial charge in [0.25, 0.3) is 0 Å². The zero-order valence-electron chi connectivity index (χ0n) is 16.1. The van der Waals surface area contributed by atoms with Crippen molar-refractivity contribution in [1.82, 2.24) is 19.5 Å². The molecule has 3 heterocycles. The Labute approximate surface area is 183 Å². The Morgan fingerprint density at radius 3 is 2.67 bits per heavy atom. The van der Waals surface area contributed by atoms with Crippen molar-refractivity contribution in [2.24, 2.45) is 0 Å². The summed E-state index contributed by atoms with van der Waals surface area (Å²) in [6.45, 7) is 1.13. The van der Waals surface area contributed by atoms with E-state index < -0.39 is 10.0 Å². The van der Waals surface area contributed by atoms with Gasteiger partial charge < -0.3 is 5.32 Å². The van der Waals surface area contributed by atoms with Crippen LogP contribution in [0.5, 0.6) is 0 Å². The second kappa shape index (κ2) is 9.29. The number of carbonyl (C=O) groups excluding carboxylic acids is 1. The van der Waals surface area contributed by atoms with Gasteiger partial charge in [0, 0.05) is 30.1 Å². The van der Waals surface area contributed by atoms with E-state index in [1.807, 2.05) is 17.5 Å². The number of amides is 1. The highest BCUT2D eigenvalue weighted by atomic mass is 32.2. The minimum Gasteiger partial charge on any atom is -0.325 e. The number of anilines is 1. The third-order valence-corrected chi connectivity index (χ3v) is 8.24. The predicted molar refractivity (Wildman–Crippen MR) is 117 cm³/mol. The fourth-order valence-corrected chi connectivity index (χ4v) is 5.96. The van der Waals surface area contributed by atoms with Gasteiger partial charge in [0.15, 0.2) is 0 Å². The van der Waals surface area contributed by atoms with E-state index >= 15 is 0 Å². The number of nitrogens with zero attached hydrogens (tertiary/aromatic N) is 3. The van der Waals surface area contributed by atoms with Crippen molar-refractivity contribution < 1.29 is 13.2 Å². The molecule has 158 valence electrons. The highest BCUT2D eigenvalue weighted by Gasteiger charge is 2.26. The summed E-state index contributed by atoms with van der Waals surface area (Å²) in [5, 5.41) is 12.3. The lowest BCUT2D eigenvalue weighted by atomic mass is 10.3. The zero-order valence-corrected chi connectivity index (χ0v) is 18.5. The Morgan fingerprint density at radius 2 is 1.97 bits per heavy atom. The standard InChI is InChI=1S/C19H21N5O3S3/c25-18(13-29-19-21-17(22-23-19)12-15-4-3-11-28-15)20-14-5-7-16(8-6-14)30(26,27)24-9-1-2-10-24/h3-8,11H,1-2,9-10,12-13H2,(H,20,25)(H,21,22,23). The molecule has 1 saturated heterocycles. The number of thioether (sulfide) groups is 1. The van der Waals surface area contributed by atoms with Gasteiger partial charge >= 0.3 is 0 Å². The van der Waals surface area contributed by atoms with E-state index in [9.17, 15) is 13.2 Å². The molecule has 1 fully saturated rings. The smallest absolute Gasteiger partial charge is 0.243 e. The number of nitrogens with one attached hydrogen (secondary N) is 2. The van der Waals surface area contributed by atoms with Crippen LogP contribution in [0, 0.1) is 0 Å². The van der Waals surface area contributed by atoms with Crippen molar-refractivity contribution in [2.45, 2.75) is 29.3 Å². The lowest BCUT2D eigenvalue weighted by molar-refractivity contribution is -0.113. The van der Waals surface area contributed by atoms with Gasteiger partial charge in [-0.3, -0.25) is 9.89 Å². The van der Waals surface area contributed by atoms with Crippen molar-refractivity contribution in [1.29, 1.82) is 0 Å². The second-order valence-corrected chi connectivity index (χ2v) is 10.7. The van der Waals surface area contributed by atoms with Crippen LogP contribution in [0.25, 0.3) is 0 Å². The second-order valence-electron chi connectivity index (χ2n) is 6.79. The van der Waals surface area contributed by atoms with E-state index in [0.717, 1.165) is 18.7 Å². The molecule has 0 saturated carbocycles. The average Bonchev–Trinajstić information content (AvgIpc) is 3.50. The van der Waals surface area contributed by atoms with Crippen LogP contribution < -0.4 is 5.32 Å². The largest absolute Gasteiger partial charge is 0.325 e. The number of benzene rings is 1. The molecular weight excluding hydrogens is 442 g/mol. The summed E-state index contributed by atoms with van der Waals surface area (Å²) in [6, 6.07) is 10.3. The molecule has 2 N–H and O–H groups in total. The van der Waals surface area contributed by atoms with Crippen molar-refractivity contribution in [2.75, 3.05) is 24.2 Å². The Bertz CT molecular complexity index is 1090. The minimum atomic E-state index is -3.45. The molecule has 0 spiro atoms. The number of carbonyl (C=O) groups is 1. The first-order valence-corrected chi connectivity index (χ1v) is 12.8. The summed E-state index contributed by atoms with van der Waals surface area (Å²) in [5.41, 5.74) is 0.550. The molecule has 2 aromatic heterocycles. The van der Waals surface area contributed by atoms with Crippen LogP contribution in [0.2, 0.25) is 0 Å². The molecule has 30 heavy (non-hydrogen) atoms. The average molecular weight is 464 g/mol. The summed E-state index contributed by atoms with van der Waals surface area (Å²) >= 11 is 2.90. The van der Waals surface area contributed by atoms with Gasteiger partial charge in [-0.1, -0.05) is 17.8 Å². The predicted octanol–water partition coefficient (Wildman–Crippen LogP) is 2.97. The normalized spacial score (nSPS) is 14.8. The number of hydrogen-bond acceptors (Lipinski definition) is 7. The molecule has 0 radical (unpaired) electrons. The maximum Gasteiger partial charge on any atom is 0.243 e. The Hall–Kier alpha value is -2.21. The number of thiophene rings is 1. The summed E-state index contributed by atoms with van der Waals surface area (Å²) < 4.78 is 26.6. The zero-order chi connectivity index (χ0) is 21.0. The van der Waals surface area contributed by atoms with Gasteiger partial charge in [0.05, 0.1) is 10.6 Å². The third-order valence-electron chi connectivity index (χ3n) is 4.61. The van der Waals surface area contributed by atoms with Gasteiger partial charge in [-0.05, 0) is 48.6 Å². The topological polar surface area (TPSA) is 108 Å². The Kier molecular flexibility index (Phi) is 6.52. The minimum absolute atomic E-state index is 0.157. The third kappa shape index (κ3) is 5.09. The summed E-state index contributed by atoms with van der Waals surface area (Å²) in [7, 11) is -3.45. The molecule has 1 aliphatic rings. The van der Waals surface area contributed by atoms with Crippen LogP contribution in [-0.4, -0.2) is 52.7 Å². The molecule has 0 unspecified atom stereocenters. The molecule has 1 aliphatic heterocycles. The number of sulfonamides is 1. The molecule has 1 aromatic carbocycles. The SMILES string of the molecule is O=C(CSc1n[nH]c(Cc2cccs2)n1)Nc1ccc(S(=O)(=O)N2CCCC2)cc1. The van der Waals surface area contributed by atoms with E-state index in [-0.39, 0.29) is 16.6 Å². The molecule has 3 aromatic rings. The van der Waals surface area contributed by atoms with Crippen molar-refractivity contribution in [3.05, 3.63) is 52.5 Å². The molecule has 8 nitrogen and oxygen atoms in total. The first kappa shape index (κ1) is 21.0. The lowest BCUT2D eigenvalue weighted by Crippen LogP contribution is -2.27. The van der Waals surface area contributed by atoms with Crippen molar-refractivity contribution in [3.63, 3.8) is 0 Å². The van der Waals surface area contributed by atoms with Gasteiger partial charge in [-0.2, -0.15) is 4.31 Å². The van der Waals surface area contributed by atoms with Crippen LogP contribution in [0.3, 0.4) is 0 Å². The maximum absolute atomic E-state index is 12.5. The molecular formula is C19H21N5O3S3. The number of rotatable bonds is 8. The molecule has 1 amide bonds. The molecule has 0 aliphatic carbocycles. The number of hydrogen-bond donors (Lipinski definition) is 2. The summed E-state index contributed by atoms with van der Waals surface area (Å²) in [4.78, 5) is 18.0. The quantitative estimate of drug-likeness (QED) is 0.497. The van der Waals surface area contributed by atoms with Gasteiger partial charge in [0.1, 0.15) is 5.82 Å². The van der Waals surface area contributed by atoms with E-state index in [1.54, 1.807) is 23.5 Å². The summed E-state index contributed by atoms with van der Waals surface area (Å²) in [6.07, 6.45) is 2.47. The van der Waals surface area contributed by atoms with E-state index in [1.165, 1.54) is 33.1 Å². The van der Waals surface area contributed by atoms with Crippen molar-refractivity contribution >= 4 is 44.7 Å². The molecule has 0 atom stereocenters. The van der Waals surface area contributed by atoms with E-state index in [0.29, 0.717) is 30.4 Å². The maximum atomic E-state index is 12.5. The van der Waals surface area contributed by atoms with Crippen LogP contribution in [0.4, 0.5) is 5.69 Å². The molecule has 11 heteroatoms. The fraction of sp³-hybridized carbons (Fsp3) is 0.316. The summed E-state index contributed by atoms with van der Waals surface area (Å²) in [5.74, 6) is 0.708. The Balaban J connectivity index is 1.28. The van der Waals surface area contributed by atoms with Crippen LogP contribution >= 0.6 is 23.1 Å². The van der Waals surface area contributed by atoms with Crippen LogP contribution in [0.15, 0.2) is 51.8 Å².